The molecule has 1 atom stereocenters. The van der Waals surface area contributed by atoms with Crippen molar-refractivity contribution in [3.8, 4) is 0 Å². The monoisotopic (exact) mass is 331 g/mol. The summed E-state index contributed by atoms with van der Waals surface area (Å²) in [5.74, 6) is -0.278. The van der Waals surface area contributed by atoms with Gasteiger partial charge in [-0.15, -0.1) is 0 Å². The Hall–Kier alpha value is -1.15. The quantitative estimate of drug-likeness (QED) is 0.774. The van der Waals surface area contributed by atoms with Crippen LogP contribution in [0.25, 0.3) is 0 Å². The fourth-order valence-corrected chi connectivity index (χ4v) is 4.64. The van der Waals surface area contributed by atoms with Gasteiger partial charge >= 0.3 is 6.03 Å². The first kappa shape index (κ1) is 17.2. The van der Waals surface area contributed by atoms with Crippen LogP contribution in [0.3, 0.4) is 0 Å². The predicted molar refractivity (Wildman–Crippen MR) is 83.3 cm³/mol. The van der Waals surface area contributed by atoms with E-state index in [1.54, 1.807) is 0 Å². The Kier molecular flexibility index (Phi) is 6.19. The third kappa shape index (κ3) is 5.92. The summed E-state index contributed by atoms with van der Waals surface area (Å²) in [7, 11) is -3.04. The van der Waals surface area contributed by atoms with E-state index in [4.69, 9.17) is 0 Å². The molecule has 3 amide bonds. The second-order valence-electron chi connectivity index (χ2n) is 6.17. The van der Waals surface area contributed by atoms with Crippen molar-refractivity contribution in [3.63, 3.8) is 0 Å². The summed E-state index contributed by atoms with van der Waals surface area (Å²) in [6.07, 6.45) is 6.21. The van der Waals surface area contributed by atoms with Crippen LogP contribution in [0, 0.1) is 0 Å². The molecule has 0 bridgehead atoms. The molecule has 0 aromatic heterocycles. The summed E-state index contributed by atoms with van der Waals surface area (Å²) in [6.45, 7) is 1.99. The first-order valence-corrected chi connectivity index (χ1v) is 9.80. The average Bonchev–Trinajstić information content (AvgIpc) is 2.71. The van der Waals surface area contributed by atoms with Crippen molar-refractivity contribution in [2.45, 2.75) is 44.6 Å². The maximum Gasteiger partial charge on any atom is 0.321 e. The number of hydrogen-bond acceptors (Lipinski definition) is 5. The van der Waals surface area contributed by atoms with E-state index in [9.17, 15) is 18.0 Å². The minimum absolute atomic E-state index is 0.0409. The van der Waals surface area contributed by atoms with Crippen LogP contribution in [0.5, 0.6) is 0 Å². The molecule has 0 spiro atoms. The van der Waals surface area contributed by atoms with Crippen LogP contribution < -0.4 is 10.6 Å². The van der Waals surface area contributed by atoms with Gasteiger partial charge in [0.05, 0.1) is 18.1 Å². The second-order valence-corrected chi connectivity index (χ2v) is 8.39. The number of nitrogens with zero attached hydrogens (tertiary/aromatic N) is 1. The highest BCUT2D eigenvalue weighted by Crippen LogP contribution is 2.11. The Labute approximate surface area is 131 Å². The molecule has 0 aromatic rings. The molecule has 2 fully saturated rings. The molecule has 0 radical (unpaired) electrons. The number of urea groups is 1. The Balaban J connectivity index is 1.70. The van der Waals surface area contributed by atoms with Crippen molar-refractivity contribution in [2.24, 2.45) is 0 Å². The number of nitrogens with one attached hydrogen (secondary N) is 2. The van der Waals surface area contributed by atoms with Crippen molar-refractivity contribution in [3.05, 3.63) is 0 Å². The number of likely N-dealkylation sites (tertiary alicyclic amines) is 1. The van der Waals surface area contributed by atoms with Gasteiger partial charge in [-0.2, -0.15) is 0 Å². The van der Waals surface area contributed by atoms with Crippen LogP contribution in [-0.4, -0.2) is 62.4 Å². The van der Waals surface area contributed by atoms with Gasteiger partial charge in [-0.05, 0) is 32.4 Å². The van der Waals surface area contributed by atoms with Gasteiger partial charge in [0.1, 0.15) is 0 Å². The molecule has 8 heteroatoms. The third-order valence-corrected chi connectivity index (χ3v) is 5.90. The van der Waals surface area contributed by atoms with Gasteiger partial charge in [0.25, 0.3) is 0 Å². The van der Waals surface area contributed by atoms with Gasteiger partial charge in [0, 0.05) is 6.04 Å². The smallest absolute Gasteiger partial charge is 0.321 e. The molecule has 2 saturated heterocycles. The van der Waals surface area contributed by atoms with Crippen LogP contribution in [0.15, 0.2) is 0 Å². The zero-order valence-corrected chi connectivity index (χ0v) is 13.7. The maximum absolute atomic E-state index is 11.9. The summed E-state index contributed by atoms with van der Waals surface area (Å²) < 4.78 is 22.6. The van der Waals surface area contributed by atoms with Gasteiger partial charge in [-0.1, -0.05) is 19.3 Å². The highest BCUT2D eigenvalue weighted by atomic mass is 32.2. The largest absolute Gasteiger partial charge is 0.334 e. The van der Waals surface area contributed by atoms with E-state index >= 15 is 0 Å². The molecule has 2 aliphatic rings. The number of hydrogen-bond donors (Lipinski definition) is 2. The van der Waals surface area contributed by atoms with E-state index in [0.717, 1.165) is 25.9 Å². The predicted octanol–water partition coefficient (Wildman–Crippen LogP) is 0.265. The molecule has 2 aliphatic heterocycles. The van der Waals surface area contributed by atoms with Crippen LogP contribution in [0.4, 0.5) is 4.79 Å². The molecule has 2 rings (SSSR count). The number of carbonyl (C=O) groups excluding carboxylic acids is 2. The van der Waals surface area contributed by atoms with Crippen molar-refractivity contribution in [1.82, 2.24) is 15.5 Å². The van der Waals surface area contributed by atoms with Gasteiger partial charge in [-0.3, -0.25) is 15.0 Å². The molecule has 0 unspecified atom stereocenters. The van der Waals surface area contributed by atoms with E-state index < -0.39 is 15.9 Å². The second kappa shape index (κ2) is 7.92. The highest BCUT2D eigenvalue weighted by Gasteiger charge is 2.29. The molecule has 0 aromatic carbocycles. The summed E-state index contributed by atoms with van der Waals surface area (Å²) in [5.41, 5.74) is 0. The van der Waals surface area contributed by atoms with E-state index in [-0.39, 0.29) is 30.0 Å². The highest BCUT2D eigenvalue weighted by molar-refractivity contribution is 7.91. The van der Waals surface area contributed by atoms with Crippen LogP contribution in [0.2, 0.25) is 0 Å². The molecule has 2 heterocycles. The van der Waals surface area contributed by atoms with Crippen LogP contribution in [-0.2, 0) is 14.6 Å². The lowest BCUT2D eigenvalue weighted by Crippen LogP contribution is -2.48. The lowest BCUT2D eigenvalue weighted by Gasteiger charge is -2.23. The van der Waals surface area contributed by atoms with Gasteiger partial charge in [0.2, 0.25) is 5.91 Å². The molecule has 0 aliphatic carbocycles. The summed E-state index contributed by atoms with van der Waals surface area (Å²) in [6, 6.07) is -0.987. The molecular weight excluding hydrogens is 306 g/mol. The van der Waals surface area contributed by atoms with Gasteiger partial charge in [0.15, 0.2) is 9.84 Å². The number of sulfone groups is 1. The lowest BCUT2D eigenvalue weighted by atomic mass is 10.1. The van der Waals surface area contributed by atoms with Crippen molar-refractivity contribution in [1.29, 1.82) is 0 Å². The maximum atomic E-state index is 11.9. The average molecular weight is 331 g/mol. The number of carbonyl (C=O) groups is 2. The van der Waals surface area contributed by atoms with Gasteiger partial charge in [-0.25, -0.2) is 13.2 Å². The standard InChI is InChI=1S/C14H25N3O4S/c18-13(10-17-7-4-2-1-3-5-8-17)16-14(19)15-12-6-9-22(20,21)11-12/h12H,1-11H2,(H2,15,16,18,19)/t12-/m0/s1. The molecule has 0 saturated carbocycles. The van der Waals surface area contributed by atoms with E-state index in [2.05, 4.69) is 15.5 Å². The van der Waals surface area contributed by atoms with E-state index in [1.807, 2.05) is 0 Å². The molecule has 126 valence electrons. The van der Waals surface area contributed by atoms with Crippen LogP contribution in [0.1, 0.15) is 38.5 Å². The number of amides is 3. The molecule has 22 heavy (non-hydrogen) atoms. The SMILES string of the molecule is O=C(CN1CCCCCCC1)NC(=O)N[C@H]1CCS(=O)(=O)C1. The van der Waals surface area contributed by atoms with Crippen molar-refractivity contribution >= 4 is 21.8 Å². The Morgan fingerprint density at radius 1 is 1.05 bits per heavy atom. The van der Waals surface area contributed by atoms with E-state index in [1.165, 1.54) is 19.3 Å². The fourth-order valence-electron chi connectivity index (χ4n) is 2.97. The Morgan fingerprint density at radius 3 is 2.27 bits per heavy atom. The van der Waals surface area contributed by atoms with Crippen molar-refractivity contribution in [2.75, 3.05) is 31.1 Å². The molecule has 7 nitrogen and oxygen atoms in total. The zero-order valence-electron chi connectivity index (χ0n) is 12.8. The van der Waals surface area contributed by atoms with Crippen LogP contribution >= 0.6 is 0 Å². The summed E-state index contributed by atoms with van der Waals surface area (Å²) in [4.78, 5) is 25.7. The van der Waals surface area contributed by atoms with E-state index in [0.29, 0.717) is 6.42 Å². The topological polar surface area (TPSA) is 95.6 Å². The Morgan fingerprint density at radius 2 is 1.68 bits per heavy atom. The lowest BCUT2D eigenvalue weighted by molar-refractivity contribution is -0.121. The first-order valence-electron chi connectivity index (χ1n) is 7.98. The molecule has 2 N–H and O–H groups in total. The minimum atomic E-state index is -3.04. The summed E-state index contributed by atoms with van der Waals surface area (Å²) in [5, 5.41) is 4.85. The fraction of sp³-hybridized carbons (Fsp3) is 0.857. The normalized spacial score (nSPS) is 25.9. The Bertz CT molecular complexity index is 498. The zero-order chi connectivity index (χ0) is 16.0. The van der Waals surface area contributed by atoms with Gasteiger partial charge < -0.3 is 5.32 Å². The third-order valence-electron chi connectivity index (χ3n) is 4.14. The van der Waals surface area contributed by atoms with Crippen molar-refractivity contribution < 1.29 is 18.0 Å². The molecular formula is C14H25N3O4S. The number of imide groups is 1. The number of rotatable bonds is 3. The summed E-state index contributed by atoms with van der Waals surface area (Å²) >= 11 is 0. The first-order chi connectivity index (χ1) is 10.4. The minimum Gasteiger partial charge on any atom is -0.334 e.